The van der Waals surface area contributed by atoms with Crippen LogP contribution in [0.3, 0.4) is 0 Å². The Labute approximate surface area is 90.8 Å². The Balaban J connectivity index is 2.95. The van der Waals surface area contributed by atoms with E-state index in [0.717, 1.165) is 0 Å². The molecule has 0 radical (unpaired) electrons. The molecule has 0 spiro atoms. The smallest absolute Gasteiger partial charge is 0.152 e. The summed E-state index contributed by atoms with van der Waals surface area (Å²) >= 11 is 0. The van der Waals surface area contributed by atoms with Gasteiger partial charge in [-0.3, -0.25) is 0 Å². The van der Waals surface area contributed by atoms with Gasteiger partial charge in [0.25, 0.3) is 0 Å². The summed E-state index contributed by atoms with van der Waals surface area (Å²) in [5, 5.41) is 17.8. The van der Waals surface area contributed by atoms with E-state index in [1.54, 1.807) is 6.92 Å². The fourth-order valence-electron chi connectivity index (χ4n) is 2.23. The Morgan fingerprint density at radius 2 is 2.20 bits per heavy atom. The number of sulfone groups is 1. The number of hydrogen-bond donors (Lipinski definition) is 1. The van der Waals surface area contributed by atoms with Gasteiger partial charge in [0.15, 0.2) is 9.84 Å². The molecule has 1 rings (SSSR count). The molecule has 0 aromatic rings. The van der Waals surface area contributed by atoms with Gasteiger partial charge in [-0.15, -0.1) is 0 Å². The quantitative estimate of drug-likeness (QED) is 0.776. The summed E-state index contributed by atoms with van der Waals surface area (Å²) in [6.45, 7) is 3.20. The van der Waals surface area contributed by atoms with Gasteiger partial charge >= 0.3 is 0 Å². The number of nitrogens with zero attached hydrogens (tertiary/aromatic N) is 1. The molecule has 86 valence electrons. The fraction of sp³-hybridized carbons (Fsp3) is 0.900. The van der Waals surface area contributed by atoms with E-state index in [-0.39, 0.29) is 24.7 Å². The van der Waals surface area contributed by atoms with Crippen molar-refractivity contribution < 1.29 is 13.5 Å². The second-order valence-electron chi connectivity index (χ2n) is 4.34. The normalized spacial score (nSPS) is 36.4. The summed E-state index contributed by atoms with van der Waals surface area (Å²) in [6, 6.07) is 2.09. The first kappa shape index (κ1) is 12.5. The molecular weight excluding hydrogens is 214 g/mol. The van der Waals surface area contributed by atoms with Crippen molar-refractivity contribution in [2.45, 2.75) is 31.9 Å². The highest BCUT2D eigenvalue weighted by atomic mass is 32.2. The van der Waals surface area contributed by atoms with E-state index in [4.69, 9.17) is 5.26 Å². The Kier molecular flexibility index (Phi) is 3.41. The molecule has 0 bridgehead atoms. The highest BCUT2D eigenvalue weighted by Crippen LogP contribution is 2.45. The van der Waals surface area contributed by atoms with Crippen LogP contribution in [0.2, 0.25) is 0 Å². The molecule has 1 aliphatic rings. The molecule has 0 aromatic carbocycles. The molecule has 4 nitrogen and oxygen atoms in total. The number of nitriles is 1. The Morgan fingerprint density at radius 1 is 1.60 bits per heavy atom. The SMILES string of the molecule is CCS(=O)(=O)[C@@H]1C[C@@H](C)[C@](C#N)(CO)C1. The zero-order chi connectivity index (χ0) is 11.7. The Bertz CT molecular complexity index is 371. The van der Waals surface area contributed by atoms with Gasteiger partial charge in [-0.1, -0.05) is 13.8 Å². The first-order chi connectivity index (χ1) is 6.91. The second-order valence-corrected chi connectivity index (χ2v) is 6.91. The van der Waals surface area contributed by atoms with E-state index < -0.39 is 20.5 Å². The summed E-state index contributed by atoms with van der Waals surface area (Å²) in [5.41, 5.74) is -0.854. The maximum atomic E-state index is 11.7. The Morgan fingerprint density at radius 3 is 2.53 bits per heavy atom. The fourth-order valence-corrected chi connectivity index (χ4v) is 3.84. The minimum absolute atomic E-state index is 0.0566. The van der Waals surface area contributed by atoms with E-state index in [1.165, 1.54) is 0 Å². The van der Waals surface area contributed by atoms with Crippen LogP contribution in [-0.2, 0) is 9.84 Å². The van der Waals surface area contributed by atoms with Crippen molar-refractivity contribution in [1.82, 2.24) is 0 Å². The van der Waals surface area contributed by atoms with E-state index in [9.17, 15) is 13.5 Å². The summed E-state index contributed by atoms with van der Waals surface area (Å²) in [5.74, 6) is 0.0518. The van der Waals surface area contributed by atoms with Gasteiger partial charge in [0, 0.05) is 5.75 Å². The van der Waals surface area contributed by atoms with Gasteiger partial charge in [-0.2, -0.15) is 5.26 Å². The molecular formula is C10H17NO3S. The molecule has 1 aliphatic carbocycles. The molecule has 0 unspecified atom stereocenters. The van der Waals surface area contributed by atoms with Crippen LogP contribution in [0.15, 0.2) is 0 Å². The van der Waals surface area contributed by atoms with E-state index in [0.29, 0.717) is 6.42 Å². The predicted octanol–water partition coefficient (Wildman–Crippen LogP) is 0.722. The average molecular weight is 231 g/mol. The van der Waals surface area contributed by atoms with Gasteiger partial charge in [-0.25, -0.2) is 8.42 Å². The van der Waals surface area contributed by atoms with Crippen molar-refractivity contribution in [2.75, 3.05) is 12.4 Å². The summed E-state index contributed by atoms with van der Waals surface area (Å²) < 4.78 is 23.4. The third-order valence-electron chi connectivity index (χ3n) is 3.57. The lowest BCUT2D eigenvalue weighted by atomic mass is 9.81. The van der Waals surface area contributed by atoms with Crippen molar-refractivity contribution >= 4 is 9.84 Å². The topological polar surface area (TPSA) is 78.2 Å². The standard InChI is InChI=1S/C10H17NO3S/c1-3-15(13,14)9-4-8(2)10(5-9,6-11)7-12/h8-9,12H,3-5,7H2,1-2H3/t8-,9-,10-/m1/s1. The summed E-state index contributed by atoms with van der Waals surface area (Å²) in [7, 11) is -3.08. The minimum atomic E-state index is -3.08. The van der Waals surface area contributed by atoms with Gasteiger partial charge in [0.05, 0.1) is 23.3 Å². The number of aliphatic hydroxyl groups excluding tert-OH is 1. The van der Waals surface area contributed by atoms with Gasteiger partial charge in [0.1, 0.15) is 0 Å². The highest BCUT2D eigenvalue weighted by molar-refractivity contribution is 7.92. The van der Waals surface area contributed by atoms with E-state index in [2.05, 4.69) is 6.07 Å². The number of aliphatic hydroxyl groups is 1. The van der Waals surface area contributed by atoms with Crippen LogP contribution >= 0.6 is 0 Å². The van der Waals surface area contributed by atoms with Crippen molar-refractivity contribution in [2.24, 2.45) is 11.3 Å². The number of hydrogen-bond acceptors (Lipinski definition) is 4. The van der Waals surface area contributed by atoms with Crippen molar-refractivity contribution in [3.8, 4) is 6.07 Å². The van der Waals surface area contributed by atoms with Crippen LogP contribution < -0.4 is 0 Å². The average Bonchev–Trinajstić information content (AvgIpc) is 2.57. The van der Waals surface area contributed by atoms with Crippen LogP contribution in [0, 0.1) is 22.7 Å². The second kappa shape index (κ2) is 4.11. The van der Waals surface area contributed by atoms with Crippen molar-refractivity contribution in [3.05, 3.63) is 0 Å². The van der Waals surface area contributed by atoms with Crippen LogP contribution in [0.1, 0.15) is 26.7 Å². The predicted molar refractivity (Wildman–Crippen MR) is 56.8 cm³/mol. The molecule has 0 amide bonds. The van der Waals surface area contributed by atoms with Crippen LogP contribution in [0.25, 0.3) is 0 Å². The molecule has 0 saturated heterocycles. The lowest BCUT2D eigenvalue weighted by Gasteiger charge is -2.22. The van der Waals surface area contributed by atoms with Crippen molar-refractivity contribution in [1.29, 1.82) is 5.26 Å². The maximum absolute atomic E-state index is 11.7. The van der Waals surface area contributed by atoms with Crippen LogP contribution in [0.4, 0.5) is 0 Å². The molecule has 1 saturated carbocycles. The van der Waals surface area contributed by atoms with Gasteiger partial charge < -0.3 is 5.11 Å². The summed E-state index contributed by atoms with van der Waals surface area (Å²) in [4.78, 5) is 0. The monoisotopic (exact) mass is 231 g/mol. The molecule has 1 N–H and O–H groups in total. The van der Waals surface area contributed by atoms with Crippen molar-refractivity contribution in [3.63, 3.8) is 0 Å². The highest BCUT2D eigenvalue weighted by Gasteiger charge is 2.48. The molecule has 1 fully saturated rings. The maximum Gasteiger partial charge on any atom is 0.152 e. The Hall–Kier alpha value is -0.600. The molecule has 0 aromatic heterocycles. The van der Waals surface area contributed by atoms with Gasteiger partial charge in [0.2, 0.25) is 0 Å². The molecule has 0 aliphatic heterocycles. The van der Waals surface area contributed by atoms with E-state index in [1.807, 2.05) is 6.92 Å². The zero-order valence-corrected chi connectivity index (χ0v) is 9.92. The third-order valence-corrected chi connectivity index (χ3v) is 5.75. The lowest BCUT2D eigenvalue weighted by molar-refractivity contribution is 0.144. The number of rotatable bonds is 3. The molecule has 5 heteroatoms. The molecule has 15 heavy (non-hydrogen) atoms. The van der Waals surface area contributed by atoms with Gasteiger partial charge in [-0.05, 0) is 18.8 Å². The largest absolute Gasteiger partial charge is 0.395 e. The first-order valence-corrected chi connectivity index (χ1v) is 6.87. The third kappa shape index (κ3) is 2.01. The van der Waals surface area contributed by atoms with Crippen LogP contribution in [0.5, 0.6) is 0 Å². The molecule has 3 atom stereocenters. The van der Waals surface area contributed by atoms with E-state index >= 15 is 0 Å². The summed E-state index contributed by atoms with van der Waals surface area (Å²) in [6.07, 6.45) is 0.766. The lowest BCUT2D eigenvalue weighted by Crippen LogP contribution is -2.27. The molecule has 0 heterocycles. The van der Waals surface area contributed by atoms with Crippen LogP contribution in [-0.4, -0.2) is 31.1 Å². The minimum Gasteiger partial charge on any atom is -0.395 e. The zero-order valence-electron chi connectivity index (χ0n) is 9.10. The first-order valence-electron chi connectivity index (χ1n) is 5.15.